The van der Waals surface area contributed by atoms with E-state index in [0.29, 0.717) is 16.9 Å². The number of ether oxygens (including phenoxy) is 2. The molecule has 0 atom stereocenters. The van der Waals surface area contributed by atoms with Gasteiger partial charge in [0.05, 0.1) is 7.11 Å². The van der Waals surface area contributed by atoms with Gasteiger partial charge in [-0.15, -0.1) is 0 Å². The molecule has 0 saturated carbocycles. The third-order valence-electron chi connectivity index (χ3n) is 3.20. The van der Waals surface area contributed by atoms with Crippen LogP contribution in [0.25, 0.3) is 10.8 Å². The van der Waals surface area contributed by atoms with Crippen molar-refractivity contribution in [3.8, 4) is 5.75 Å². The molecule has 6 heteroatoms. The van der Waals surface area contributed by atoms with Crippen molar-refractivity contribution in [1.82, 2.24) is 0 Å². The lowest BCUT2D eigenvalue weighted by Gasteiger charge is -2.06. The number of rotatable bonds is 4. The Morgan fingerprint density at radius 1 is 0.793 bits per heavy atom. The normalized spacial score (nSPS) is 8.97. The maximum Gasteiger partial charge on any atom is 0.338 e. The Hall–Kier alpha value is -3.67. The van der Waals surface area contributed by atoms with Crippen LogP contribution in [0.2, 0.25) is 0 Å². The number of fused-ring (bicyclic) bond motifs is 1. The van der Waals surface area contributed by atoms with Crippen molar-refractivity contribution in [2.45, 2.75) is 20.8 Å². The van der Waals surface area contributed by atoms with E-state index in [1.165, 1.54) is 14.0 Å². The molecule has 0 heterocycles. The summed E-state index contributed by atoms with van der Waals surface area (Å²) in [6, 6.07) is 13.4. The number of hydrogen-bond donors (Lipinski definition) is 1. The SMILES string of the molecule is C=C(C)C(=O)O.C=C(C)C(=O)OC.C=C(C)C(=O)Oc1cccc2ccccc12. The molecule has 2 aromatic rings. The van der Waals surface area contributed by atoms with E-state index in [1.54, 1.807) is 19.9 Å². The van der Waals surface area contributed by atoms with Crippen LogP contribution < -0.4 is 4.74 Å². The van der Waals surface area contributed by atoms with Gasteiger partial charge in [-0.1, -0.05) is 56.1 Å². The lowest BCUT2D eigenvalue weighted by atomic mass is 10.1. The van der Waals surface area contributed by atoms with Crippen LogP contribution in [-0.4, -0.2) is 30.1 Å². The second-order valence-electron chi connectivity index (χ2n) is 6.00. The predicted octanol–water partition coefficient (Wildman–Crippen LogP) is 4.70. The largest absolute Gasteiger partial charge is 0.478 e. The number of carboxylic acid groups (broad SMARTS) is 1. The van der Waals surface area contributed by atoms with Gasteiger partial charge in [-0.3, -0.25) is 0 Å². The van der Waals surface area contributed by atoms with Crippen molar-refractivity contribution in [2.24, 2.45) is 0 Å². The Labute approximate surface area is 170 Å². The van der Waals surface area contributed by atoms with Gasteiger partial charge in [0.1, 0.15) is 5.75 Å². The van der Waals surface area contributed by atoms with E-state index < -0.39 is 11.9 Å². The van der Waals surface area contributed by atoms with Gasteiger partial charge in [-0.05, 0) is 32.2 Å². The molecule has 0 unspecified atom stereocenters. The molecule has 0 aromatic heterocycles. The molecule has 1 N–H and O–H groups in total. The first-order valence-electron chi connectivity index (χ1n) is 8.49. The zero-order valence-corrected chi connectivity index (χ0v) is 17.2. The van der Waals surface area contributed by atoms with Crippen LogP contribution in [0, 0.1) is 0 Å². The Balaban J connectivity index is 0.000000503. The van der Waals surface area contributed by atoms with E-state index in [4.69, 9.17) is 9.84 Å². The van der Waals surface area contributed by atoms with Crippen molar-refractivity contribution in [1.29, 1.82) is 0 Å². The minimum absolute atomic E-state index is 0.176. The second-order valence-corrected chi connectivity index (χ2v) is 6.00. The first-order valence-corrected chi connectivity index (χ1v) is 8.49. The number of carbonyl (C=O) groups is 3. The number of benzene rings is 2. The van der Waals surface area contributed by atoms with Crippen LogP contribution in [0.4, 0.5) is 0 Å². The van der Waals surface area contributed by atoms with Gasteiger partial charge in [0.25, 0.3) is 0 Å². The average Bonchev–Trinajstić information content (AvgIpc) is 2.68. The second kappa shape index (κ2) is 12.7. The first-order chi connectivity index (χ1) is 13.5. The molecular formula is C23H26O6. The molecule has 2 rings (SSSR count). The summed E-state index contributed by atoms with van der Waals surface area (Å²) in [6.45, 7) is 14.7. The minimum atomic E-state index is -0.935. The zero-order valence-electron chi connectivity index (χ0n) is 17.2. The average molecular weight is 398 g/mol. The Morgan fingerprint density at radius 3 is 1.69 bits per heavy atom. The van der Waals surface area contributed by atoms with Crippen LogP contribution in [0.3, 0.4) is 0 Å². The van der Waals surface area contributed by atoms with Gasteiger partial charge < -0.3 is 14.6 Å². The molecular weight excluding hydrogens is 372 g/mol. The fourth-order valence-corrected chi connectivity index (χ4v) is 1.65. The highest BCUT2D eigenvalue weighted by molar-refractivity contribution is 5.94. The molecule has 29 heavy (non-hydrogen) atoms. The Morgan fingerprint density at radius 2 is 1.28 bits per heavy atom. The minimum Gasteiger partial charge on any atom is -0.478 e. The molecule has 0 amide bonds. The highest BCUT2D eigenvalue weighted by Crippen LogP contribution is 2.25. The molecule has 0 fully saturated rings. The topological polar surface area (TPSA) is 89.9 Å². The lowest BCUT2D eigenvalue weighted by Crippen LogP contribution is -2.08. The number of carboxylic acids is 1. The number of aliphatic carboxylic acids is 1. The fourth-order valence-electron chi connectivity index (χ4n) is 1.65. The number of esters is 2. The smallest absolute Gasteiger partial charge is 0.338 e. The summed E-state index contributed by atoms with van der Waals surface area (Å²) in [5, 5.41) is 9.87. The van der Waals surface area contributed by atoms with E-state index in [-0.39, 0.29) is 11.5 Å². The molecule has 6 nitrogen and oxygen atoms in total. The van der Waals surface area contributed by atoms with Gasteiger partial charge in [-0.2, -0.15) is 0 Å². The monoisotopic (exact) mass is 398 g/mol. The first kappa shape index (κ1) is 25.3. The third kappa shape index (κ3) is 9.72. The molecule has 0 bridgehead atoms. The molecule has 0 spiro atoms. The van der Waals surface area contributed by atoms with Crippen molar-refractivity contribution >= 4 is 28.7 Å². The van der Waals surface area contributed by atoms with E-state index in [0.717, 1.165) is 10.8 Å². The lowest BCUT2D eigenvalue weighted by molar-refractivity contribution is -0.136. The fraction of sp³-hybridized carbons (Fsp3) is 0.174. The molecule has 0 saturated heterocycles. The predicted molar refractivity (Wildman–Crippen MR) is 114 cm³/mol. The van der Waals surface area contributed by atoms with Crippen molar-refractivity contribution in [2.75, 3.05) is 7.11 Å². The third-order valence-corrected chi connectivity index (χ3v) is 3.20. The molecule has 0 aliphatic rings. The van der Waals surface area contributed by atoms with Gasteiger partial charge in [0.2, 0.25) is 0 Å². The van der Waals surface area contributed by atoms with Gasteiger partial charge in [0, 0.05) is 22.1 Å². The highest BCUT2D eigenvalue weighted by Gasteiger charge is 2.07. The van der Waals surface area contributed by atoms with E-state index in [2.05, 4.69) is 24.5 Å². The summed E-state index contributed by atoms with van der Waals surface area (Å²) in [4.78, 5) is 31.2. The summed E-state index contributed by atoms with van der Waals surface area (Å²) >= 11 is 0. The Kier molecular flexibility index (Phi) is 11.1. The molecule has 0 radical (unpaired) electrons. The maximum absolute atomic E-state index is 11.4. The van der Waals surface area contributed by atoms with E-state index >= 15 is 0 Å². The van der Waals surface area contributed by atoms with Crippen molar-refractivity contribution in [3.05, 3.63) is 78.9 Å². The summed E-state index contributed by atoms with van der Waals surface area (Å²) in [7, 11) is 1.33. The Bertz CT molecular complexity index is 907. The van der Waals surface area contributed by atoms with E-state index in [1.807, 2.05) is 36.4 Å². The van der Waals surface area contributed by atoms with Gasteiger partial charge in [-0.25, -0.2) is 14.4 Å². The summed E-state index contributed by atoms with van der Waals surface area (Å²) in [5.41, 5.74) is 1.01. The zero-order chi connectivity index (χ0) is 22.6. The van der Waals surface area contributed by atoms with Crippen LogP contribution in [-0.2, 0) is 19.1 Å². The molecule has 0 aliphatic carbocycles. The number of methoxy groups -OCH3 is 1. The quantitative estimate of drug-likeness (QED) is 0.456. The number of hydrogen-bond acceptors (Lipinski definition) is 5. The maximum atomic E-state index is 11.4. The van der Waals surface area contributed by atoms with Crippen LogP contribution in [0.15, 0.2) is 78.9 Å². The van der Waals surface area contributed by atoms with Gasteiger partial charge >= 0.3 is 17.9 Å². The van der Waals surface area contributed by atoms with Crippen LogP contribution in [0.5, 0.6) is 5.75 Å². The highest BCUT2D eigenvalue weighted by atomic mass is 16.5. The summed E-state index contributed by atoms with van der Waals surface area (Å²) < 4.78 is 9.52. The van der Waals surface area contributed by atoms with E-state index in [9.17, 15) is 14.4 Å². The van der Waals surface area contributed by atoms with Crippen molar-refractivity contribution in [3.63, 3.8) is 0 Å². The molecule has 2 aromatic carbocycles. The van der Waals surface area contributed by atoms with Crippen molar-refractivity contribution < 1.29 is 29.0 Å². The standard InChI is InChI=1S/C14H12O2.C5H8O2.C4H6O2/c1-10(2)14(15)16-13-9-5-7-11-6-3-4-8-12(11)13;1-4(2)5(6)7-3;1-3(2)4(5)6/h3-9H,1H2,2H3;1H2,2-3H3;1H2,2H3,(H,5,6). The van der Waals surface area contributed by atoms with Crippen LogP contribution >= 0.6 is 0 Å². The summed E-state index contributed by atoms with van der Waals surface area (Å²) in [5.74, 6) is -1.10. The molecule has 0 aliphatic heterocycles. The summed E-state index contributed by atoms with van der Waals surface area (Å²) in [6.07, 6.45) is 0. The van der Waals surface area contributed by atoms with Gasteiger partial charge in [0.15, 0.2) is 0 Å². The number of carbonyl (C=O) groups excluding carboxylic acids is 2. The molecule has 154 valence electrons. The van der Waals surface area contributed by atoms with Crippen LogP contribution in [0.1, 0.15) is 20.8 Å².